The van der Waals surface area contributed by atoms with Crippen LogP contribution in [0, 0.1) is 0 Å². The van der Waals surface area contributed by atoms with Crippen molar-refractivity contribution in [2.75, 3.05) is 26.3 Å². The van der Waals surface area contributed by atoms with Crippen LogP contribution in [-0.2, 0) is 22.7 Å². The number of piperidine rings is 1. The second kappa shape index (κ2) is 13.2. The molecule has 0 radical (unpaired) electrons. The van der Waals surface area contributed by atoms with Crippen molar-refractivity contribution in [3.63, 3.8) is 0 Å². The number of ether oxygens (including phenoxy) is 3. The van der Waals surface area contributed by atoms with Crippen LogP contribution in [0.1, 0.15) is 35.4 Å². The molecule has 2 unspecified atom stereocenters. The van der Waals surface area contributed by atoms with E-state index in [4.69, 9.17) is 14.2 Å². The summed E-state index contributed by atoms with van der Waals surface area (Å²) >= 11 is 3.56. The summed E-state index contributed by atoms with van der Waals surface area (Å²) in [5.41, 5.74) is 3.69. The number of hydrogen-bond acceptors (Lipinski definition) is 4. The highest BCUT2D eigenvalue weighted by atomic mass is 79.9. The minimum Gasteiger partial charge on any atom is -0.494 e. The Kier molecular flexibility index (Phi) is 9.25. The third kappa shape index (κ3) is 7.20. The maximum Gasteiger partial charge on any atom is 0.119 e. The van der Waals surface area contributed by atoms with Crippen molar-refractivity contribution >= 4 is 26.7 Å². The molecule has 5 rings (SSSR count). The van der Waals surface area contributed by atoms with E-state index in [-0.39, 0.29) is 6.10 Å². The lowest BCUT2D eigenvalue weighted by atomic mass is 9.87. The quantitative estimate of drug-likeness (QED) is 0.196. The fourth-order valence-electron chi connectivity index (χ4n) is 4.88. The first kappa shape index (κ1) is 25.9. The summed E-state index contributed by atoms with van der Waals surface area (Å²) in [4.78, 5) is 0. The summed E-state index contributed by atoms with van der Waals surface area (Å²) in [6.45, 7) is 4.42. The van der Waals surface area contributed by atoms with E-state index in [2.05, 4.69) is 94.0 Å². The van der Waals surface area contributed by atoms with Crippen LogP contribution in [0.2, 0.25) is 0 Å². The highest BCUT2D eigenvalue weighted by Crippen LogP contribution is 2.30. The normalized spacial score (nSPS) is 17.6. The molecule has 192 valence electrons. The summed E-state index contributed by atoms with van der Waals surface area (Å²) in [6, 6.07) is 31.8. The highest BCUT2D eigenvalue weighted by molar-refractivity contribution is 9.10. The average Bonchev–Trinajstić information content (AvgIpc) is 2.95. The van der Waals surface area contributed by atoms with Crippen LogP contribution in [0.15, 0.2) is 95.5 Å². The Hall–Kier alpha value is -2.70. The Balaban J connectivity index is 1.08. The highest BCUT2D eigenvalue weighted by Gasteiger charge is 2.27. The number of nitrogens with one attached hydrogen (secondary N) is 1. The van der Waals surface area contributed by atoms with Gasteiger partial charge in [-0.2, -0.15) is 0 Å². The molecule has 1 aliphatic heterocycles. The van der Waals surface area contributed by atoms with Crippen LogP contribution in [0.3, 0.4) is 0 Å². The topological polar surface area (TPSA) is 39.7 Å². The molecule has 1 saturated heterocycles. The summed E-state index contributed by atoms with van der Waals surface area (Å²) in [5, 5.41) is 6.03. The van der Waals surface area contributed by atoms with Crippen molar-refractivity contribution < 1.29 is 14.2 Å². The molecule has 2 atom stereocenters. The molecule has 4 aromatic carbocycles. The molecule has 0 amide bonds. The van der Waals surface area contributed by atoms with E-state index in [1.165, 1.54) is 21.9 Å². The molecule has 1 heterocycles. The number of halogens is 1. The fourth-order valence-corrected chi connectivity index (χ4v) is 5.28. The standard InChI is InChI=1S/C32H34BrNO3/c33-31-9-4-3-8-28(31)23-35-18-5-19-36-29-14-12-26(13-15-29)30-16-17-34-21-32(30)37-22-24-10-11-25-6-1-2-7-27(25)20-24/h1-4,6-15,20,30,32,34H,5,16-19,21-23H2. The minimum absolute atomic E-state index is 0.147. The van der Waals surface area contributed by atoms with E-state index in [0.717, 1.165) is 41.7 Å². The molecule has 1 N–H and O–H groups in total. The second-order valence-corrected chi connectivity index (χ2v) is 10.4. The molecule has 5 heteroatoms. The van der Waals surface area contributed by atoms with Crippen molar-refractivity contribution in [1.29, 1.82) is 0 Å². The largest absolute Gasteiger partial charge is 0.494 e. The molecule has 0 spiro atoms. The van der Waals surface area contributed by atoms with Crippen LogP contribution in [0.4, 0.5) is 0 Å². The Morgan fingerprint density at radius 2 is 1.62 bits per heavy atom. The minimum atomic E-state index is 0.147. The Bertz CT molecular complexity index is 1280. The van der Waals surface area contributed by atoms with Crippen molar-refractivity contribution in [3.8, 4) is 5.75 Å². The van der Waals surface area contributed by atoms with E-state index in [1.54, 1.807) is 0 Å². The molecule has 4 aromatic rings. The Labute approximate surface area is 228 Å². The number of fused-ring (bicyclic) bond motifs is 1. The molecular weight excluding hydrogens is 526 g/mol. The lowest BCUT2D eigenvalue weighted by Gasteiger charge is -2.32. The SMILES string of the molecule is Brc1ccccc1COCCCOc1ccc(C2CCNCC2OCc2ccc3ccccc3c2)cc1. The number of benzene rings is 4. The van der Waals surface area contributed by atoms with Gasteiger partial charge in [0.2, 0.25) is 0 Å². The maximum atomic E-state index is 6.45. The van der Waals surface area contributed by atoms with Gasteiger partial charge in [0.1, 0.15) is 5.75 Å². The summed E-state index contributed by atoms with van der Waals surface area (Å²) < 4.78 is 19.3. The zero-order valence-electron chi connectivity index (χ0n) is 21.1. The van der Waals surface area contributed by atoms with Gasteiger partial charge in [0, 0.05) is 23.4 Å². The maximum absolute atomic E-state index is 6.45. The van der Waals surface area contributed by atoms with Gasteiger partial charge in [-0.3, -0.25) is 0 Å². The van der Waals surface area contributed by atoms with E-state index >= 15 is 0 Å². The Morgan fingerprint density at radius 3 is 2.49 bits per heavy atom. The lowest BCUT2D eigenvalue weighted by molar-refractivity contribution is 0.0106. The van der Waals surface area contributed by atoms with Gasteiger partial charge >= 0.3 is 0 Å². The summed E-state index contributed by atoms with van der Waals surface area (Å²) in [5.74, 6) is 1.28. The first-order valence-electron chi connectivity index (χ1n) is 13.1. The summed E-state index contributed by atoms with van der Waals surface area (Å²) in [6.07, 6.45) is 2.07. The molecule has 1 fully saturated rings. The van der Waals surface area contributed by atoms with E-state index < -0.39 is 0 Å². The van der Waals surface area contributed by atoms with Crippen LogP contribution < -0.4 is 10.1 Å². The smallest absolute Gasteiger partial charge is 0.119 e. The number of hydrogen-bond donors (Lipinski definition) is 1. The van der Waals surface area contributed by atoms with Crippen LogP contribution in [-0.4, -0.2) is 32.4 Å². The predicted octanol–water partition coefficient (Wildman–Crippen LogP) is 7.25. The predicted molar refractivity (Wildman–Crippen MR) is 153 cm³/mol. The van der Waals surface area contributed by atoms with Crippen LogP contribution >= 0.6 is 15.9 Å². The van der Waals surface area contributed by atoms with Gasteiger partial charge in [-0.15, -0.1) is 0 Å². The second-order valence-electron chi connectivity index (χ2n) is 9.55. The van der Waals surface area contributed by atoms with Gasteiger partial charge in [-0.1, -0.05) is 82.7 Å². The van der Waals surface area contributed by atoms with Crippen LogP contribution in [0.25, 0.3) is 10.8 Å². The average molecular weight is 561 g/mol. The molecule has 0 aromatic heterocycles. The van der Waals surface area contributed by atoms with E-state index in [9.17, 15) is 0 Å². The van der Waals surface area contributed by atoms with E-state index in [1.807, 2.05) is 18.2 Å². The fraction of sp³-hybridized carbons (Fsp3) is 0.312. The third-order valence-corrected chi connectivity index (χ3v) is 7.70. The van der Waals surface area contributed by atoms with Crippen LogP contribution in [0.5, 0.6) is 5.75 Å². The van der Waals surface area contributed by atoms with Crippen molar-refractivity contribution in [3.05, 3.63) is 112 Å². The third-order valence-electron chi connectivity index (χ3n) is 6.93. The zero-order valence-corrected chi connectivity index (χ0v) is 22.7. The van der Waals surface area contributed by atoms with E-state index in [0.29, 0.717) is 32.3 Å². The first-order valence-corrected chi connectivity index (χ1v) is 13.9. The van der Waals surface area contributed by atoms with Gasteiger partial charge in [-0.25, -0.2) is 0 Å². The van der Waals surface area contributed by atoms with Crippen molar-refractivity contribution in [1.82, 2.24) is 5.32 Å². The lowest BCUT2D eigenvalue weighted by Crippen LogP contribution is -2.40. The first-order chi connectivity index (χ1) is 18.3. The van der Waals surface area contributed by atoms with Gasteiger partial charge in [-0.05, 0) is 64.7 Å². The van der Waals surface area contributed by atoms with Crippen molar-refractivity contribution in [2.24, 2.45) is 0 Å². The molecule has 0 aliphatic carbocycles. The number of rotatable bonds is 11. The van der Waals surface area contributed by atoms with Gasteiger partial charge in [0.15, 0.2) is 0 Å². The molecule has 4 nitrogen and oxygen atoms in total. The Morgan fingerprint density at radius 1 is 0.811 bits per heavy atom. The molecular formula is C32H34BrNO3. The molecule has 0 saturated carbocycles. The monoisotopic (exact) mass is 559 g/mol. The zero-order chi connectivity index (χ0) is 25.3. The molecule has 0 bridgehead atoms. The summed E-state index contributed by atoms with van der Waals surface area (Å²) in [7, 11) is 0. The van der Waals surface area contributed by atoms with Crippen molar-refractivity contribution in [2.45, 2.75) is 38.1 Å². The van der Waals surface area contributed by atoms with Gasteiger partial charge < -0.3 is 19.5 Å². The van der Waals surface area contributed by atoms with Gasteiger partial charge in [0.05, 0.1) is 32.5 Å². The molecule has 1 aliphatic rings. The molecule has 37 heavy (non-hydrogen) atoms. The van der Waals surface area contributed by atoms with Gasteiger partial charge in [0.25, 0.3) is 0 Å².